The molecule has 2 rings (SSSR count). The van der Waals surface area contributed by atoms with Gasteiger partial charge in [-0.05, 0) is 31.5 Å². The summed E-state index contributed by atoms with van der Waals surface area (Å²) in [5.74, 6) is -0.866. The molecule has 7 nitrogen and oxygen atoms in total. The summed E-state index contributed by atoms with van der Waals surface area (Å²) in [6.07, 6.45) is 2.67. The molecule has 1 aromatic rings. The van der Waals surface area contributed by atoms with Gasteiger partial charge in [0.15, 0.2) is 5.03 Å². The highest BCUT2D eigenvalue weighted by Crippen LogP contribution is 2.26. The number of carboxylic acids is 1. The number of pyridine rings is 1. The fraction of sp³-hybridized carbons (Fsp3) is 0.538. The lowest BCUT2D eigenvalue weighted by Gasteiger charge is -2.41. The summed E-state index contributed by atoms with van der Waals surface area (Å²) < 4.78 is 26.8. The Kier molecular flexibility index (Phi) is 4.92. The summed E-state index contributed by atoms with van der Waals surface area (Å²) in [7, 11) is -3.60. The number of hydrogen-bond donors (Lipinski definition) is 2. The molecule has 1 fully saturated rings. The van der Waals surface area contributed by atoms with Crippen LogP contribution in [0.5, 0.6) is 0 Å². The zero-order valence-corrected chi connectivity index (χ0v) is 12.6. The molecule has 0 amide bonds. The van der Waals surface area contributed by atoms with E-state index in [2.05, 4.69) is 9.71 Å². The smallest absolute Gasteiger partial charge is 0.317 e. The molecule has 0 spiro atoms. The normalized spacial score (nSPS) is 22.0. The van der Waals surface area contributed by atoms with Gasteiger partial charge in [-0.1, -0.05) is 13.0 Å². The van der Waals surface area contributed by atoms with Crippen molar-refractivity contribution in [3.8, 4) is 0 Å². The van der Waals surface area contributed by atoms with Crippen molar-refractivity contribution in [3.63, 3.8) is 0 Å². The van der Waals surface area contributed by atoms with Gasteiger partial charge in [0.2, 0.25) is 0 Å². The van der Waals surface area contributed by atoms with Gasteiger partial charge < -0.3 is 5.11 Å². The average molecular weight is 313 g/mol. The first-order valence-corrected chi connectivity index (χ1v) is 8.30. The fourth-order valence-corrected chi connectivity index (χ4v) is 3.65. The van der Waals surface area contributed by atoms with E-state index in [4.69, 9.17) is 5.11 Å². The molecule has 0 atom stereocenters. The molecule has 2 N–H and O–H groups in total. The number of hydrogen-bond acceptors (Lipinski definition) is 5. The third-order valence-corrected chi connectivity index (χ3v) is 5.04. The van der Waals surface area contributed by atoms with Crippen molar-refractivity contribution in [1.29, 1.82) is 0 Å². The molecule has 1 heterocycles. The van der Waals surface area contributed by atoms with E-state index < -0.39 is 16.0 Å². The summed E-state index contributed by atoms with van der Waals surface area (Å²) in [5.41, 5.74) is 0. The van der Waals surface area contributed by atoms with Crippen molar-refractivity contribution in [2.24, 2.45) is 0 Å². The second kappa shape index (κ2) is 6.50. The number of carbonyl (C=O) groups is 1. The Bertz CT molecular complexity index is 585. The number of carboxylic acid groups (broad SMARTS) is 1. The lowest BCUT2D eigenvalue weighted by molar-refractivity contribution is -0.139. The van der Waals surface area contributed by atoms with E-state index in [0.29, 0.717) is 19.4 Å². The Hall–Kier alpha value is -1.51. The largest absolute Gasteiger partial charge is 0.480 e. The molecule has 0 aromatic carbocycles. The van der Waals surface area contributed by atoms with Gasteiger partial charge in [-0.3, -0.25) is 9.69 Å². The van der Waals surface area contributed by atoms with Gasteiger partial charge in [0.1, 0.15) is 0 Å². The van der Waals surface area contributed by atoms with Gasteiger partial charge in [-0.25, -0.2) is 18.1 Å². The second-order valence-corrected chi connectivity index (χ2v) is 6.73. The minimum atomic E-state index is -3.60. The molecular formula is C13H19N3O4S. The third kappa shape index (κ3) is 3.99. The Morgan fingerprint density at radius 1 is 1.48 bits per heavy atom. The van der Waals surface area contributed by atoms with E-state index in [9.17, 15) is 13.2 Å². The van der Waals surface area contributed by atoms with Crippen LogP contribution in [-0.4, -0.2) is 54.6 Å². The van der Waals surface area contributed by atoms with E-state index >= 15 is 0 Å². The predicted molar refractivity (Wildman–Crippen MR) is 76.3 cm³/mol. The standard InChI is InChI=1S/C13H19N3O4S/c1-2-16(9-13(17)18)11-7-10(8-11)15-21(19,20)12-5-3-4-6-14-12/h3-6,10-11,15H,2,7-9H2,1H3,(H,17,18). The topological polar surface area (TPSA) is 99.6 Å². The van der Waals surface area contributed by atoms with Crippen LogP contribution in [0.4, 0.5) is 0 Å². The lowest BCUT2D eigenvalue weighted by atomic mass is 9.86. The number of nitrogens with zero attached hydrogens (tertiary/aromatic N) is 2. The Morgan fingerprint density at radius 2 is 2.19 bits per heavy atom. The Balaban J connectivity index is 1.89. The SMILES string of the molecule is CCN(CC(=O)O)C1CC(NS(=O)(=O)c2ccccn2)C1. The van der Waals surface area contributed by atoms with Crippen LogP contribution in [0.1, 0.15) is 19.8 Å². The minimum Gasteiger partial charge on any atom is -0.480 e. The number of aliphatic carboxylic acids is 1. The van der Waals surface area contributed by atoms with Crippen molar-refractivity contribution < 1.29 is 18.3 Å². The van der Waals surface area contributed by atoms with Gasteiger partial charge in [0.05, 0.1) is 6.54 Å². The molecule has 0 aliphatic heterocycles. The molecule has 0 bridgehead atoms. The summed E-state index contributed by atoms with van der Waals surface area (Å²) in [4.78, 5) is 16.4. The molecular weight excluding hydrogens is 294 g/mol. The van der Waals surface area contributed by atoms with E-state index in [-0.39, 0.29) is 23.7 Å². The van der Waals surface area contributed by atoms with Crippen molar-refractivity contribution in [1.82, 2.24) is 14.6 Å². The van der Waals surface area contributed by atoms with Crippen LogP contribution in [0.2, 0.25) is 0 Å². The quantitative estimate of drug-likeness (QED) is 0.751. The van der Waals surface area contributed by atoms with Crippen LogP contribution in [-0.2, 0) is 14.8 Å². The number of likely N-dealkylation sites (N-methyl/N-ethyl adjacent to an activating group) is 1. The first-order valence-electron chi connectivity index (χ1n) is 6.81. The van der Waals surface area contributed by atoms with Crippen LogP contribution < -0.4 is 4.72 Å². The fourth-order valence-electron chi connectivity index (χ4n) is 2.44. The molecule has 0 saturated heterocycles. The number of sulfonamides is 1. The van der Waals surface area contributed by atoms with Gasteiger partial charge in [-0.2, -0.15) is 0 Å². The summed E-state index contributed by atoms with van der Waals surface area (Å²) >= 11 is 0. The van der Waals surface area contributed by atoms with Crippen molar-refractivity contribution in [3.05, 3.63) is 24.4 Å². The summed E-state index contributed by atoms with van der Waals surface area (Å²) in [5, 5.41) is 8.83. The number of rotatable bonds is 7. The van der Waals surface area contributed by atoms with Crippen LogP contribution in [0.3, 0.4) is 0 Å². The van der Waals surface area contributed by atoms with Crippen molar-refractivity contribution in [2.75, 3.05) is 13.1 Å². The van der Waals surface area contributed by atoms with Crippen LogP contribution in [0.15, 0.2) is 29.4 Å². The molecule has 1 aliphatic rings. The van der Waals surface area contributed by atoms with Gasteiger partial charge in [0, 0.05) is 18.3 Å². The van der Waals surface area contributed by atoms with E-state index in [0.717, 1.165) is 0 Å². The molecule has 1 saturated carbocycles. The van der Waals surface area contributed by atoms with E-state index in [1.54, 1.807) is 12.1 Å². The molecule has 116 valence electrons. The zero-order chi connectivity index (χ0) is 15.5. The third-order valence-electron chi connectivity index (χ3n) is 3.61. The lowest BCUT2D eigenvalue weighted by Crippen LogP contribution is -2.54. The molecule has 0 unspecified atom stereocenters. The second-order valence-electron chi connectivity index (χ2n) is 5.07. The zero-order valence-electron chi connectivity index (χ0n) is 11.8. The monoisotopic (exact) mass is 313 g/mol. The first kappa shape index (κ1) is 15.9. The van der Waals surface area contributed by atoms with E-state index in [1.165, 1.54) is 12.3 Å². The molecule has 21 heavy (non-hydrogen) atoms. The highest BCUT2D eigenvalue weighted by molar-refractivity contribution is 7.89. The van der Waals surface area contributed by atoms with Crippen LogP contribution in [0.25, 0.3) is 0 Å². The molecule has 1 aromatic heterocycles. The highest BCUT2D eigenvalue weighted by atomic mass is 32.2. The summed E-state index contributed by atoms with van der Waals surface area (Å²) in [6.45, 7) is 2.52. The highest BCUT2D eigenvalue weighted by Gasteiger charge is 2.36. The van der Waals surface area contributed by atoms with Gasteiger partial charge >= 0.3 is 5.97 Å². The molecule has 0 radical (unpaired) electrons. The minimum absolute atomic E-state index is 0.00586. The first-order chi connectivity index (χ1) is 9.92. The maximum atomic E-state index is 12.1. The Labute approximate surface area is 124 Å². The molecule has 1 aliphatic carbocycles. The van der Waals surface area contributed by atoms with Crippen LogP contribution >= 0.6 is 0 Å². The average Bonchev–Trinajstić information content (AvgIpc) is 2.41. The summed E-state index contributed by atoms with van der Waals surface area (Å²) in [6, 6.07) is 4.67. The van der Waals surface area contributed by atoms with Crippen LogP contribution in [0, 0.1) is 0 Å². The van der Waals surface area contributed by atoms with Crippen molar-refractivity contribution in [2.45, 2.75) is 36.9 Å². The van der Waals surface area contributed by atoms with Gasteiger partial charge in [-0.15, -0.1) is 0 Å². The Morgan fingerprint density at radius 3 is 2.71 bits per heavy atom. The maximum Gasteiger partial charge on any atom is 0.317 e. The number of nitrogens with one attached hydrogen (secondary N) is 1. The number of aromatic nitrogens is 1. The molecule has 8 heteroatoms. The van der Waals surface area contributed by atoms with Gasteiger partial charge in [0.25, 0.3) is 10.0 Å². The van der Waals surface area contributed by atoms with Crippen molar-refractivity contribution >= 4 is 16.0 Å². The maximum absolute atomic E-state index is 12.1. The predicted octanol–water partition coefficient (Wildman–Crippen LogP) is 0.297. The van der Waals surface area contributed by atoms with E-state index in [1.807, 2.05) is 11.8 Å².